The lowest BCUT2D eigenvalue weighted by Gasteiger charge is -2.34. The van der Waals surface area contributed by atoms with Crippen LogP contribution in [0.25, 0.3) is 0 Å². The Labute approximate surface area is 145 Å². The molecule has 1 N–H and O–H groups in total. The lowest BCUT2D eigenvalue weighted by molar-refractivity contribution is -0.132. The van der Waals surface area contributed by atoms with Crippen molar-refractivity contribution in [2.75, 3.05) is 18.4 Å². The van der Waals surface area contributed by atoms with Gasteiger partial charge in [-0.3, -0.25) is 9.59 Å². The van der Waals surface area contributed by atoms with E-state index in [9.17, 15) is 9.59 Å². The van der Waals surface area contributed by atoms with Crippen molar-refractivity contribution >= 4 is 28.8 Å². The van der Waals surface area contributed by atoms with Crippen LogP contribution in [0.5, 0.6) is 0 Å². The molecular formula is C19H20N2O2S. The van der Waals surface area contributed by atoms with Crippen molar-refractivity contribution in [3.63, 3.8) is 0 Å². The molecule has 1 aromatic heterocycles. The van der Waals surface area contributed by atoms with Gasteiger partial charge in [0.2, 0.25) is 11.8 Å². The lowest BCUT2D eigenvalue weighted by atomic mass is 9.80. The van der Waals surface area contributed by atoms with Gasteiger partial charge in [-0.1, -0.05) is 24.3 Å². The number of anilines is 1. The predicted octanol–water partition coefficient (Wildman–Crippen LogP) is 3.27. The number of carbonyl (C=O) groups excluding carboxylic acids is 2. The molecule has 0 spiro atoms. The number of amides is 2. The molecule has 0 aliphatic carbocycles. The SMILES string of the molecule is O=C1Nc2ccccc2C1C1CCN(C(=O)Cc2cccs2)CC1. The molecule has 1 fully saturated rings. The van der Waals surface area contributed by atoms with Crippen molar-refractivity contribution in [3.05, 3.63) is 52.2 Å². The number of piperidine rings is 1. The minimum atomic E-state index is -0.0595. The molecule has 1 aromatic carbocycles. The molecule has 4 nitrogen and oxygen atoms in total. The molecule has 0 bridgehead atoms. The van der Waals surface area contributed by atoms with Crippen LogP contribution in [-0.2, 0) is 16.0 Å². The quantitative estimate of drug-likeness (QED) is 0.932. The Morgan fingerprint density at radius 2 is 1.96 bits per heavy atom. The van der Waals surface area contributed by atoms with Crippen molar-refractivity contribution in [1.82, 2.24) is 4.90 Å². The van der Waals surface area contributed by atoms with Crippen molar-refractivity contribution in [2.45, 2.75) is 25.2 Å². The fourth-order valence-electron chi connectivity index (χ4n) is 3.86. The van der Waals surface area contributed by atoms with E-state index < -0.39 is 0 Å². The van der Waals surface area contributed by atoms with Gasteiger partial charge in [0.25, 0.3) is 0 Å². The van der Waals surface area contributed by atoms with Crippen LogP contribution in [-0.4, -0.2) is 29.8 Å². The van der Waals surface area contributed by atoms with Crippen molar-refractivity contribution in [2.24, 2.45) is 5.92 Å². The second kappa shape index (κ2) is 6.40. The summed E-state index contributed by atoms with van der Waals surface area (Å²) in [5.74, 6) is 0.571. The third kappa shape index (κ3) is 2.84. The van der Waals surface area contributed by atoms with Crippen LogP contribution < -0.4 is 5.32 Å². The topological polar surface area (TPSA) is 49.4 Å². The van der Waals surface area contributed by atoms with Gasteiger partial charge in [0, 0.05) is 23.7 Å². The molecule has 2 amide bonds. The second-order valence-corrected chi connectivity index (χ2v) is 7.56. The zero-order valence-electron chi connectivity index (χ0n) is 13.4. The highest BCUT2D eigenvalue weighted by Gasteiger charge is 2.38. The summed E-state index contributed by atoms with van der Waals surface area (Å²) in [5.41, 5.74) is 2.06. The molecule has 0 saturated carbocycles. The zero-order chi connectivity index (χ0) is 16.5. The number of carbonyl (C=O) groups is 2. The zero-order valence-corrected chi connectivity index (χ0v) is 14.2. The maximum absolute atomic E-state index is 12.4. The first kappa shape index (κ1) is 15.4. The molecule has 0 radical (unpaired) electrons. The van der Waals surface area contributed by atoms with Gasteiger partial charge in [0.1, 0.15) is 0 Å². The standard InChI is InChI=1S/C19H20N2O2S/c22-17(12-14-4-3-11-24-14)21-9-7-13(8-10-21)18-15-5-1-2-6-16(15)20-19(18)23/h1-6,11,13,18H,7-10,12H2,(H,20,23). The van der Waals surface area contributed by atoms with Crippen molar-refractivity contribution in [3.8, 4) is 0 Å². The fourth-order valence-corrected chi connectivity index (χ4v) is 4.55. The molecule has 1 unspecified atom stereocenters. The summed E-state index contributed by atoms with van der Waals surface area (Å²) >= 11 is 1.63. The van der Waals surface area contributed by atoms with Gasteiger partial charge < -0.3 is 10.2 Å². The Hall–Kier alpha value is -2.14. The van der Waals surface area contributed by atoms with E-state index in [2.05, 4.69) is 5.32 Å². The Morgan fingerprint density at radius 3 is 2.71 bits per heavy atom. The van der Waals surface area contributed by atoms with Gasteiger partial charge in [-0.2, -0.15) is 0 Å². The van der Waals surface area contributed by atoms with Gasteiger partial charge in [-0.25, -0.2) is 0 Å². The summed E-state index contributed by atoms with van der Waals surface area (Å²) in [6.07, 6.45) is 2.28. The van der Waals surface area contributed by atoms with Gasteiger partial charge in [-0.15, -0.1) is 11.3 Å². The highest BCUT2D eigenvalue weighted by atomic mass is 32.1. The first-order valence-corrected chi connectivity index (χ1v) is 9.30. The molecule has 5 heteroatoms. The summed E-state index contributed by atoms with van der Waals surface area (Å²) in [7, 11) is 0. The van der Waals surface area contributed by atoms with Gasteiger partial charge >= 0.3 is 0 Å². The number of nitrogens with one attached hydrogen (secondary N) is 1. The molecule has 2 aliphatic rings. The largest absolute Gasteiger partial charge is 0.342 e. The van der Waals surface area contributed by atoms with Crippen molar-refractivity contribution < 1.29 is 9.59 Å². The summed E-state index contributed by atoms with van der Waals surface area (Å²) in [5, 5.41) is 5.00. The average Bonchev–Trinajstić information content (AvgIpc) is 3.21. The average molecular weight is 340 g/mol. The van der Waals surface area contributed by atoms with E-state index in [1.165, 1.54) is 0 Å². The van der Waals surface area contributed by atoms with Crippen LogP contribution in [0.2, 0.25) is 0 Å². The fraction of sp³-hybridized carbons (Fsp3) is 0.368. The first-order valence-electron chi connectivity index (χ1n) is 8.42. The molecule has 3 heterocycles. The number of nitrogens with zero attached hydrogens (tertiary/aromatic N) is 1. The number of benzene rings is 1. The minimum absolute atomic E-state index is 0.0595. The number of fused-ring (bicyclic) bond motifs is 1. The second-order valence-electron chi connectivity index (χ2n) is 6.53. The van der Waals surface area contributed by atoms with E-state index in [0.717, 1.165) is 42.1 Å². The van der Waals surface area contributed by atoms with Crippen LogP contribution in [0.4, 0.5) is 5.69 Å². The minimum Gasteiger partial charge on any atom is -0.342 e. The number of thiophene rings is 1. The number of hydrogen-bond acceptors (Lipinski definition) is 3. The Bertz CT molecular complexity index is 748. The molecular weight excluding hydrogens is 320 g/mol. The highest BCUT2D eigenvalue weighted by Crippen LogP contribution is 2.41. The Balaban J connectivity index is 1.40. The maximum Gasteiger partial charge on any atom is 0.232 e. The maximum atomic E-state index is 12.4. The molecule has 124 valence electrons. The summed E-state index contributed by atoms with van der Waals surface area (Å²) in [4.78, 5) is 27.8. The third-order valence-corrected chi connectivity index (χ3v) is 5.98. The third-order valence-electron chi connectivity index (χ3n) is 5.11. The summed E-state index contributed by atoms with van der Waals surface area (Å²) < 4.78 is 0. The first-order chi connectivity index (χ1) is 11.7. The Morgan fingerprint density at radius 1 is 1.17 bits per heavy atom. The van der Waals surface area contributed by atoms with Crippen LogP contribution in [0.15, 0.2) is 41.8 Å². The predicted molar refractivity (Wildman–Crippen MR) is 95.1 cm³/mol. The molecule has 1 saturated heterocycles. The van der Waals surface area contributed by atoms with Crippen LogP contribution in [0.1, 0.15) is 29.2 Å². The van der Waals surface area contributed by atoms with Crippen LogP contribution >= 0.6 is 11.3 Å². The number of rotatable bonds is 3. The summed E-state index contributed by atoms with van der Waals surface area (Å²) in [6.45, 7) is 1.50. The molecule has 4 rings (SSSR count). The smallest absolute Gasteiger partial charge is 0.232 e. The van der Waals surface area contributed by atoms with E-state index in [1.54, 1.807) is 11.3 Å². The Kier molecular flexibility index (Phi) is 4.10. The van der Waals surface area contributed by atoms with E-state index in [0.29, 0.717) is 12.3 Å². The number of likely N-dealkylation sites (tertiary alicyclic amines) is 1. The summed E-state index contributed by atoms with van der Waals surface area (Å²) in [6, 6.07) is 11.9. The highest BCUT2D eigenvalue weighted by molar-refractivity contribution is 7.10. The monoisotopic (exact) mass is 340 g/mol. The van der Waals surface area contributed by atoms with Gasteiger partial charge in [-0.05, 0) is 41.8 Å². The van der Waals surface area contributed by atoms with Gasteiger partial charge in [0.15, 0.2) is 0 Å². The number of para-hydroxylation sites is 1. The number of hydrogen-bond donors (Lipinski definition) is 1. The van der Waals surface area contributed by atoms with Crippen LogP contribution in [0.3, 0.4) is 0 Å². The van der Waals surface area contributed by atoms with E-state index in [1.807, 2.05) is 46.7 Å². The van der Waals surface area contributed by atoms with E-state index >= 15 is 0 Å². The van der Waals surface area contributed by atoms with Crippen molar-refractivity contribution in [1.29, 1.82) is 0 Å². The molecule has 24 heavy (non-hydrogen) atoms. The van der Waals surface area contributed by atoms with Gasteiger partial charge in [0.05, 0.1) is 12.3 Å². The normalized spacial score (nSPS) is 20.8. The van der Waals surface area contributed by atoms with E-state index in [4.69, 9.17) is 0 Å². The van der Waals surface area contributed by atoms with E-state index in [-0.39, 0.29) is 17.7 Å². The molecule has 2 aliphatic heterocycles. The molecule has 1 atom stereocenters. The van der Waals surface area contributed by atoms with Crippen LogP contribution in [0, 0.1) is 5.92 Å². The lowest BCUT2D eigenvalue weighted by Crippen LogP contribution is -2.41. The molecule has 2 aromatic rings.